The van der Waals surface area contributed by atoms with Crippen LogP contribution in [0, 0.1) is 0 Å². The van der Waals surface area contributed by atoms with Gasteiger partial charge in [0, 0.05) is 10.6 Å². The molecule has 0 radical (unpaired) electrons. The first-order valence-electron chi connectivity index (χ1n) is 5.68. The number of hydrazone groups is 1. The van der Waals surface area contributed by atoms with Crippen molar-refractivity contribution < 1.29 is 13.5 Å². The molecule has 5 nitrogen and oxygen atoms in total. The van der Waals surface area contributed by atoms with E-state index in [0.717, 1.165) is 0 Å². The third-order valence-corrected chi connectivity index (χ3v) is 4.55. The molecule has 0 aromatic heterocycles. The Balaban J connectivity index is 2.20. The molecule has 0 atom stereocenters. The Kier molecular flexibility index (Phi) is 4.87. The number of benzene rings is 2. The van der Waals surface area contributed by atoms with Gasteiger partial charge in [-0.3, -0.25) is 0 Å². The zero-order valence-electron chi connectivity index (χ0n) is 10.5. The number of phenols is 1. The Hall–Kier alpha value is -1.57. The van der Waals surface area contributed by atoms with Gasteiger partial charge in [-0.05, 0) is 40.2 Å². The molecule has 0 saturated heterocycles. The summed E-state index contributed by atoms with van der Waals surface area (Å²) in [5, 5.41) is 13.8. The maximum Gasteiger partial charge on any atom is 0.276 e. The van der Waals surface area contributed by atoms with Crippen molar-refractivity contribution in [1.29, 1.82) is 0 Å². The van der Waals surface area contributed by atoms with E-state index in [4.69, 9.17) is 11.6 Å². The van der Waals surface area contributed by atoms with Crippen molar-refractivity contribution in [2.45, 2.75) is 4.90 Å². The van der Waals surface area contributed by atoms with E-state index in [9.17, 15) is 13.5 Å². The molecule has 8 heteroatoms. The molecule has 0 saturated carbocycles. The lowest BCUT2D eigenvalue weighted by Crippen LogP contribution is -2.18. The standard InChI is InChI=1S/C13H10BrClN2O3S/c14-12-7-10(15)6-9(13(12)18)8-16-17-21(19,20)11-4-2-1-3-5-11/h1-8,17-18H/b16-8+. The van der Waals surface area contributed by atoms with Gasteiger partial charge in [-0.25, -0.2) is 4.83 Å². The Morgan fingerprint density at radius 2 is 1.90 bits per heavy atom. The Labute approximate surface area is 135 Å². The van der Waals surface area contributed by atoms with E-state index >= 15 is 0 Å². The van der Waals surface area contributed by atoms with Crippen LogP contribution in [0.2, 0.25) is 5.02 Å². The summed E-state index contributed by atoms with van der Waals surface area (Å²) in [7, 11) is -3.74. The number of aromatic hydroxyl groups is 1. The molecule has 2 aromatic rings. The SMILES string of the molecule is O=S(=O)(N/N=C/c1cc(Cl)cc(Br)c1O)c1ccccc1. The van der Waals surface area contributed by atoms with Crippen LogP contribution in [0.1, 0.15) is 5.56 Å². The predicted molar refractivity (Wildman–Crippen MR) is 85.2 cm³/mol. The maximum atomic E-state index is 11.9. The number of hydrogen-bond acceptors (Lipinski definition) is 4. The lowest BCUT2D eigenvalue weighted by atomic mass is 10.2. The maximum absolute atomic E-state index is 11.9. The molecule has 0 aliphatic heterocycles. The minimum atomic E-state index is -3.74. The summed E-state index contributed by atoms with van der Waals surface area (Å²) in [5.74, 6) is -0.0814. The van der Waals surface area contributed by atoms with Crippen LogP contribution in [0.25, 0.3) is 0 Å². The average molecular weight is 390 g/mol. The van der Waals surface area contributed by atoms with Crippen LogP contribution in [-0.4, -0.2) is 19.7 Å². The van der Waals surface area contributed by atoms with Crippen LogP contribution >= 0.6 is 27.5 Å². The quantitative estimate of drug-likeness (QED) is 0.623. The lowest BCUT2D eigenvalue weighted by Gasteiger charge is -2.04. The molecular formula is C13H10BrClN2O3S. The fraction of sp³-hybridized carbons (Fsp3) is 0. The summed E-state index contributed by atoms with van der Waals surface area (Å²) < 4.78 is 24.2. The summed E-state index contributed by atoms with van der Waals surface area (Å²) in [4.78, 5) is 2.16. The molecular weight excluding hydrogens is 380 g/mol. The molecule has 0 spiro atoms. The molecule has 0 fully saturated rings. The highest BCUT2D eigenvalue weighted by Crippen LogP contribution is 2.30. The highest BCUT2D eigenvalue weighted by molar-refractivity contribution is 9.10. The van der Waals surface area contributed by atoms with Crippen molar-refractivity contribution in [2.24, 2.45) is 5.10 Å². The van der Waals surface area contributed by atoms with Crippen molar-refractivity contribution in [3.63, 3.8) is 0 Å². The fourth-order valence-electron chi connectivity index (χ4n) is 1.50. The van der Waals surface area contributed by atoms with Gasteiger partial charge in [0.25, 0.3) is 10.0 Å². The molecule has 2 N–H and O–H groups in total. The van der Waals surface area contributed by atoms with E-state index in [1.165, 1.54) is 30.5 Å². The van der Waals surface area contributed by atoms with E-state index in [1.54, 1.807) is 18.2 Å². The van der Waals surface area contributed by atoms with E-state index in [2.05, 4.69) is 25.9 Å². The first-order chi connectivity index (χ1) is 9.90. The lowest BCUT2D eigenvalue weighted by molar-refractivity contribution is 0.471. The fourth-order valence-corrected chi connectivity index (χ4v) is 3.15. The topological polar surface area (TPSA) is 78.8 Å². The summed E-state index contributed by atoms with van der Waals surface area (Å²) in [6.07, 6.45) is 1.17. The third-order valence-electron chi connectivity index (χ3n) is 2.49. The third kappa shape index (κ3) is 3.96. The zero-order chi connectivity index (χ0) is 15.5. The van der Waals surface area contributed by atoms with Gasteiger partial charge >= 0.3 is 0 Å². The molecule has 2 aromatic carbocycles. The van der Waals surface area contributed by atoms with E-state index in [-0.39, 0.29) is 16.2 Å². The monoisotopic (exact) mass is 388 g/mol. The summed E-state index contributed by atoms with van der Waals surface area (Å²) >= 11 is 8.98. The zero-order valence-corrected chi connectivity index (χ0v) is 13.7. The molecule has 21 heavy (non-hydrogen) atoms. The highest BCUT2D eigenvalue weighted by atomic mass is 79.9. The summed E-state index contributed by atoms with van der Waals surface area (Å²) in [6.45, 7) is 0. The van der Waals surface area contributed by atoms with Crippen LogP contribution in [0.5, 0.6) is 5.75 Å². The molecule has 0 heterocycles. The molecule has 0 unspecified atom stereocenters. The first kappa shape index (κ1) is 15.8. The van der Waals surface area contributed by atoms with E-state index in [1.807, 2.05) is 0 Å². The van der Waals surface area contributed by atoms with Gasteiger partial charge in [0.1, 0.15) is 5.75 Å². The molecule has 0 aliphatic rings. The largest absolute Gasteiger partial charge is 0.506 e. The van der Waals surface area contributed by atoms with Gasteiger partial charge in [0.05, 0.1) is 15.6 Å². The number of nitrogens with zero attached hydrogens (tertiary/aromatic N) is 1. The number of nitrogens with one attached hydrogen (secondary N) is 1. The number of hydrogen-bond donors (Lipinski definition) is 2. The minimum Gasteiger partial charge on any atom is -0.506 e. The van der Waals surface area contributed by atoms with Crippen LogP contribution in [0.3, 0.4) is 0 Å². The Morgan fingerprint density at radius 3 is 2.57 bits per heavy atom. The molecule has 2 rings (SSSR count). The molecule has 0 aliphatic carbocycles. The Morgan fingerprint density at radius 1 is 1.24 bits per heavy atom. The molecule has 0 amide bonds. The van der Waals surface area contributed by atoms with Crippen LogP contribution in [-0.2, 0) is 10.0 Å². The second-order valence-corrected chi connectivity index (χ2v) is 6.94. The van der Waals surface area contributed by atoms with Gasteiger partial charge in [-0.1, -0.05) is 29.8 Å². The number of rotatable bonds is 4. The molecule has 0 bridgehead atoms. The van der Waals surface area contributed by atoms with Crippen LogP contribution < -0.4 is 4.83 Å². The van der Waals surface area contributed by atoms with Gasteiger partial charge in [-0.2, -0.15) is 13.5 Å². The van der Waals surface area contributed by atoms with Crippen molar-refractivity contribution >= 4 is 43.8 Å². The van der Waals surface area contributed by atoms with Crippen LogP contribution in [0.4, 0.5) is 0 Å². The van der Waals surface area contributed by atoms with Gasteiger partial charge in [0.15, 0.2) is 0 Å². The van der Waals surface area contributed by atoms with E-state index < -0.39 is 10.0 Å². The smallest absolute Gasteiger partial charge is 0.276 e. The predicted octanol–water partition coefficient (Wildman–Crippen LogP) is 3.12. The van der Waals surface area contributed by atoms with Crippen molar-refractivity contribution in [2.75, 3.05) is 0 Å². The van der Waals surface area contributed by atoms with Gasteiger partial charge in [-0.15, -0.1) is 0 Å². The van der Waals surface area contributed by atoms with E-state index in [0.29, 0.717) is 9.50 Å². The number of sulfonamides is 1. The second kappa shape index (κ2) is 6.46. The normalized spacial score (nSPS) is 11.7. The summed E-state index contributed by atoms with van der Waals surface area (Å²) in [5.41, 5.74) is 0.283. The Bertz CT molecular complexity index is 780. The van der Waals surface area contributed by atoms with Gasteiger partial charge < -0.3 is 5.11 Å². The summed E-state index contributed by atoms with van der Waals surface area (Å²) in [6, 6.07) is 10.8. The van der Waals surface area contributed by atoms with Crippen molar-refractivity contribution in [3.05, 3.63) is 57.5 Å². The van der Waals surface area contributed by atoms with Crippen molar-refractivity contribution in [1.82, 2.24) is 4.83 Å². The highest BCUT2D eigenvalue weighted by Gasteiger charge is 2.11. The van der Waals surface area contributed by atoms with Crippen molar-refractivity contribution in [3.8, 4) is 5.75 Å². The van der Waals surface area contributed by atoms with Crippen LogP contribution in [0.15, 0.2) is 56.9 Å². The number of halogens is 2. The second-order valence-electron chi connectivity index (χ2n) is 3.99. The minimum absolute atomic E-state index is 0.0814. The van der Waals surface area contributed by atoms with Gasteiger partial charge in [0.2, 0.25) is 0 Å². The first-order valence-corrected chi connectivity index (χ1v) is 8.33. The average Bonchev–Trinajstić information content (AvgIpc) is 2.45. The number of phenolic OH excluding ortho intramolecular Hbond substituents is 1. The molecule has 110 valence electrons.